The molecule has 2 amide bonds. The van der Waals surface area contributed by atoms with Gasteiger partial charge in [0.05, 0.1) is 37.7 Å². The van der Waals surface area contributed by atoms with E-state index in [9.17, 15) is 68.1 Å². The maximum absolute atomic E-state index is 12.7. The van der Waals surface area contributed by atoms with Gasteiger partial charge in [-0.15, -0.1) is 0 Å². The summed E-state index contributed by atoms with van der Waals surface area (Å²) in [5.41, 5.74) is 4.21. The topological polar surface area (TPSA) is 404 Å². The Hall–Kier alpha value is -2.52. The van der Waals surface area contributed by atoms with E-state index in [1.807, 2.05) is 0 Å². The summed E-state index contributed by atoms with van der Waals surface area (Å²) in [6, 6.07) is 0. The molecule has 9 unspecified atom stereocenters. The number of nitrogens with one attached hydrogen (secondary N) is 2. The van der Waals surface area contributed by atoms with Gasteiger partial charge in [-0.3, -0.25) is 32.5 Å². The lowest BCUT2D eigenvalue weighted by Gasteiger charge is -2.30. The number of phosphoric ester groups is 3. The summed E-state index contributed by atoms with van der Waals surface area (Å²) < 4.78 is 62.1. The summed E-state index contributed by atoms with van der Waals surface area (Å²) in [4.78, 5) is 88.1. The van der Waals surface area contributed by atoms with Crippen molar-refractivity contribution < 1.29 is 90.7 Å². The molecule has 9 atom stereocenters. The van der Waals surface area contributed by atoms with Crippen molar-refractivity contribution in [1.29, 1.82) is 0 Å². The quantitative estimate of drug-likeness (QED) is 0.0515. The first-order valence-electron chi connectivity index (χ1n) is 17.3. The number of hydrogen-bond acceptors (Lipinski definition) is 20. The van der Waals surface area contributed by atoms with Crippen LogP contribution in [-0.2, 0) is 50.7 Å². The molecule has 2 aromatic rings. The lowest BCUT2D eigenvalue weighted by molar-refractivity contribution is -0.137. The van der Waals surface area contributed by atoms with Gasteiger partial charge in [0.2, 0.25) is 11.8 Å². The van der Waals surface area contributed by atoms with E-state index in [0.717, 1.165) is 29.0 Å². The molecular formula is C28H46N7O19P3S. The third kappa shape index (κ3) is 13.2. The van der Waals surface area contributed by atoms with Gasteiger partial charge >= 0.3 is 23.5 Å². The second-order valence-corrected chi connectivity index (χ2v) is 19.2. The van der Waals surface area contributed by atoms with Crippen molar-refractivity contribution in [3.05, 3.63) is 12.7 Å². The Kier molecular flexibility index (Phi) is 16.5. The predicted octanol–water partition coefficient (Wildman–Crippen LogP) is -1.81. The maximum Gasteiger partial charge on any atom is 0.481 e. The Balaban J connectivity index is 1.22. The SMILES string of the molecule is CC(C)(COP(=O)(O)OP(=O)(O)OCC1OC(n2cnc3c(N)ncnc32)C(O)C1OP(=O)(O)O)C(O)C(=O)NCCC(=O)NCCSC(=O)C1C(O)CCCC1O. The number of hydrogen-bond donors (Lipinski definition) is 11. The molecule has 0 bridgehead atoms. The van der Waals surface area contributed by atoms with Crippen molar-refractivity contribution in [3.63, 3.8) is 0 Å². The monoisotopic (exact) mass is 909 g/mol. The molecule has 2 fully saturated rings. The van der Waals surface area contributed by atoms with Crippen LogP contribution in [0.3, 0.4) is 0 Å². The lowest BCUT2D eigenvalue weighted by atomic mass is 9.85. The number of anilines is 1. The third-order valence-electron chi connectivity index (χ3n) is 8.85. The number of fused-ring (bicyclic) bond motifs is 1. The zero-order valence-electron chi connectivity index (χ0n) is 30.8. The fraction of sp³-hybridized carbons (Fsp3) is 0.714. The number of aliphatic hydroxyl groups is 4. The molecule has 2 aliphatic rings. The molecule has 12 N–H and O–H groups in total. The second-order valence-electron chi connectivity index (χ2n) is 13.8. The number of nitrogens with zero attached hydrogens (tertiary/aromatic N) is 4. The predicted molar refractivity (Wildman–Crippen MR) is 196 cm³/mol. The molecule has 1 aliphatic heterocycles. The molecule has 30 heteroatoms. The second kappa shape index (κ2) is 19.9. The minimum atomic E-state index is -5.59. The van der Waals surface area contributed by atoms with Crippen molar-refractivity contribution in [2.75, 3.05) is 37.8 Å². The summed E-state index contributed by atoms with van der Waals surface area (Å²) in [5.74, 6) is -2.30. The molecule has 2 aromatic heterocycles. The molecule has 328 valence electrons. The minimum Gasteiger partial charge on any atom is -0.392 e. The number of ether oxygens (including phenoxy) is 1. The van der Waals surface area contributed by atoms with Crippen molar-refractivity contribution in [2.24, 2.45) is 11.3 Å². The Morgan fingerprint density at radius 1 is 1.02 bits per heavy atom. The summed E-state index contributed by atoms with van der Waals surface area (Å²) in [7, 11) is -16.4. The molecule has 0 radical (unpaired) electrons. The van der Waals surface area contributed by atoms with E-state index in [1.165, 1.54) is 13.8 Å². The standard InChI is InChI=1S/C28H46N7O19P3S/c1-28(2,22(40)25(41)31-7-6-17(38)30-8-9-58-27(42)18-14(36)4-3-5-15(18)37)11-51-57(48,49)54-56(46,47)50-10-16-21(53-55(43,44)45)20(39)26(52-16)35-13-34-19-23(29)32-12-33-24(19)35/h12-16,18,20-22,26,36-37,39-40H,3-11H2,1-2H3,(H,30,38)(H,31,41)(H,46,47)(H,48,49)(H2,29,32,33)(H2,43,44,45). The highest BCUT2D eigenvalue weighted by atomic mass is 32.2. The van der Waals surface area contributed by atoms with Crippen molar-refractivity contribution in [2.45, 2.75) is 82.4 Å². The van der Waals surface area contributed by atoms with Crippen LogP contribution in [0.2, 0.25) is 0 Å². The number of aromatic nitrogens is 4. The third-order valence-corrected chi connectivity index (χ3v) is 12.9. The molecule has 4 rings (SSSR count). The summed E-state index contributed by atoms with van der Waals surface area (Å²) in [6.45, 7) is 0.228. The Morgan fingerprint density at radius 3 is 2.33 bits per heavy atom. The van der Waals surface area contributed by atoms with Gasteiger partial charge < -0.3 is 61.1 Å². The first-order valence-corrected chi connectivity index (χ1v) is 22.8. The number of carbonyl (C=O) groups is 3. The van der Waals surface area contributed by atoms with E-state index in [4.69, 9.17) is 19.5 Å². The Morgan fingerprint density at radius 2 is 1.67 bits per heavy atom. The number of phosphoric acid groups is 3. The first kappa shape index (κ1) is 48.1. The number of rotatable bonds is 20. The lowest BCUT2D eigenvalue weighted by Crippen LogP contribution is -2.46. The van der Waals surface area contributed by atoms with Gasteiger partial charge in [0.25, 0.3) is 0 Å². The van der Waals surface area contributed by atoms with Crippen LogP contribution in [0.25, 0.3) is 11.2 Å². The highest BCUT2D eigenvalue weighted by Crippen LogP contribution is 2.61. The average Bonchev–Trinajstić information content (AvgIpc) is 3.68. The Labute approximate surface area is 333 Å². The van der Waals surface area contributed by atoms with Crippen molar-refractivity contribution in [3.8, 4) is 0 Å². The maximum atomic E-state index is 12.7. The van der Waals surface area contributed by atoms with E-state index in [0.29, 0.717) is 19.3 Å². The van der Waals surface area contributed by atoms with Gasteiger partial charge in [-0.2, -0.15) is 4.31 Å². The van der Waals surface area contributed by atoms with Crippen LogP contribution in [0.4, 0.5) is 5.82 Å². The summed E-state index contributed by atoms with van der Waals surface area (Å²) >= 11 is 0.864. The van der Waals surface area contributed by atoms with E-state index < -0.39 is 103 Å². The van der Waals surface area contributed by atoms with E-state index in [1.54, 1.807) is 0 Å². The van der Waals surface area contributed by atoms with Gasteiger partial charge in [-0.1, -0.05) is 25.6 Å². The van der Waals surface area contributed by atoms with Gasteiger partial charge in [-0.25, -0.2) is 28.6 Å². The minimum absolute atomic E-state index is 0.0218. The summed E-state index contributed by atoms with van der Waals surface area (Å²) in [5, 5.41) is 46.0. The van der Waals surface area contributed by atoms with Crippen LogP contribution < -0.4 is 16.4 Å². The Bertz CT molecular complexity index is 1910. The van der Waals surface area contributed by atoms with Crippen LogP contribution in [0, 0.1) is 11.3 Å². The normalized spacial score (nSPS) is 26.8. The van der Waals surface area contributed by atoms with Crippen LogP contribution in [0.1, 0.15) is 45.8 Å². The van der Waals surface area contributed by atoms with E-state index in [-0.39, 0.29) is 47.4 Å². The highest BCUT2D eigenvalue weighted by Gasteiger charge is 2.50. The molecular weight excluding hydrogens is 863 g/mol. The van der Waals surface area contributed by atoms with E-state index in [2.05, 4.69) is 34.4 Å². The van der Waals surface area contributed by atoms with Crippen LogP contribution in [0.15, 0.2) is 12.7 Å². The number of carbonyl (C=O) groups excluding carboxylic acids is 3. The number of imidazole rings is 1. The fourth-order valence-corrected chi connectivity index (χ4v) is 9.58. The van der Waals surface area contributed by atoms with Crippen molar-refractivity contribution in [1.82, 2.24) is 30.2 Å². The van der Waals surface area contributed by atoms with E-state index >= 15 is 0 Å². The fourth-order valence-electron chi connectivity index (χ4n) is 5.84. The molecule has 58 heavy (non-hydrogen) atoms. The smallest absolute Gasteiger partial charge is 0.392 e. The number of amides is 2. The van der Waals surface area contributed by atoms with Gasteiger partial charge in [0.1, 0.15) is 36.3 Å². The van der Waals surface area contributed by atoms with Gasteiger partial charge in [0.15, 0.2) is 22.8 Å². The van der Waals surface area contributed by atoms with Crippen LogP contribution in [-0.4, -0.2) is 145 Å². The molecule has 1 saturated heterocycles. The number of nitrogen functional groups attached to an aromatic ring is 1. The highest BCUT2D eigenvalue weighted by molar-refractivity contribution is 8.13. The van der Waals surface area contributed by atoms with Crippen LogP contribution in [0.5, 0.6) is 0 Å². The molecule has 26 nitrogen and oxygen atoms in total. The largest absolute Gasteiger partial charge is 0.481 e. The molecule has 3 heterocycles. The number of nitrogens with two attached hydrogens (primary N) is 1. The molecule has 1 saturated carbocycles. The number of aliphatic hydroxyl groups excluding tert-OH is 4. The zero-order valence-corrected chi connectivity index (χ0v) is 34.3. The van der Waals surface area contributed by atoms with Crippen LogP contribution >= 0.6 is 35.2 Å². The first-order chi connectivity index (χ1) is 26.9. The number of thioether (sulfide) groups is 1. The van der Waals surface area contributed by atoms with Crippen molar-refractivity contribution >= 4 is 69.1 Å². The van der Waals surface area contributed by atoms with Gasteiger partial charge in [-0.05, 0) is 19.3 Å². The molecule has 0 spiro atoms. The zero-order chi connectivity index (χ0) is 43.2. The molecule has 1 aliphatic carbocycles. The van der Waals surface area contributed by atoms with Gasteiger partial charge in [0, 0.05) is 30.7 Å². The average molecular weight is 910 g/mol. The molecule has 0 aromatic carbocycles. The summed E-state index contributed by atoms with van der Waals surface area (Å²) in [6.07, 6.45) is -7.51.